The molecule has 2 aromatic rings. The van der Waals surface area contributed by atoms with Crippen LogP contribution in [0.1, 0.15) is 26.2 Å². The average Bonchev–Trinajstić information content (AvgIpc) is 2.86. The summed E-state index contributed by atoms with van der Waals surface area (Å²) in [6.45, 7) is 3.39. The van der Waals surface area contributed by atoms with Gasteiger partial charge in [-0.1, -0.05) is 6.92 Å². The Balaban J connectivity index is 2.00. The number of nitrogen functional groups attached to an aromatic ring is 1. The van der Waals surface area contributed by atoms with Crippen molar-refractivity contribution in [3.63, 3.8) is 0 Å². The van der Waals surface area contributed by atoms with Gasteiger partial charge in [-0.05, 0) is 49.6 Å². The van der Waals surface area contributed by atoms with E-state index in [1.165, 1.54) is 19.3 Å². The Morgan fingerprint density at radius 3 is 3.06 bits per heavy atom. The first-order chi connectivity index (χ1) is 8.78. The van der Waals surface area contributed by atoms with Gasteiger partial charge in [-0.2, -0.15) is 0 Å². The van der Waals surface area contributed by atoms with Crippen molar-refractivity contribution in [3.05, 3.63) is 30.3 Å². The highest BCUT2D eigenvalue weighted by Crippen LogP contribution is 2.27. The zero-order valence-corrected chi connectivity index (χ0v) is 10.8. The maximum absolute atomic E-state index is 5.79. The standard InChI is InChI=1S/C15H19N3/c1-2-13-4-3-9-18(13)15-8-5-11-10-12(16)6-7-14(11)17-15/h5-8,10,13H,2-4,9,16H2,1H3. The Bertz CT molecular complexity index is 565. The predicted octanol–water partition coefficient (Wildman–Crippen LogP) is 3.20. The highest BCUT2D eigenvalue weighted by molar-refractivity contribution is 5.83. The Morgan fingerprint density at radius 2 is 2.22 bits per heavy atom. The van der Waals surface area contributed by atoms with Crippen molar-refractivity contribution in [2.45, 2.75) is 32.2 Å². The van der Waals surface area contributed by atoms with Crippen LogP contribution in [0, 0.1) is 0 Å². The van der Waals surface area contributed by atoms with E-state index in [2.05, 4.69) is 24.0 Å². The molecule has 0 saturated carbocycles. The smallest absolute Gasteiger partial charge is 0.129 e. The summed E-state index contributed by atoms with van der Waals surface area (Å²) < 4.78 is 0. The summed E-state index contributed by atoms with van der Waals surface area (Å²) >= 11 is 0. The monoisotopic (exact) mass is 241 g/mol. The zero-order chi connectivity index (χ0) is 12.5. The first-order valence-electron chi connectivity index (χ1n) is 6.71. The van der Waals surface area contributed by atoms with E-state index in [0.29, 0.717) is 6.04 Å². The molecule has 0 amide bonds. The second-order valence-electron chi connectivity index (χ2n) is 5.02. The minimum absolute atomic E-state index is 0.656. The lowest BCUT2D eigenvalue weighted by Crippen LogP contribution is -2.29. The van der Waals surface area contributed by atoms with Gasteiger partial charge in [-0.25, -0.2) is 4.98 Å². The summed E-state index contributed by atoms with van der Waals surface area (Å²) in [7, 11) is 0. The summed E-state index contributed by atoms with van der Waals surface area (Å²) in [6.07, 6.45) is 3.76. The molecule has 1 saturated heterocycles. The van der Waals surface area contributed by atoms with Gasteiger partial charge >= 0.3 is 0 Å². The number of nitrogens with two attached hydrogens (primary N) is 1. The number of hydrogen-bond donors (Lipinski definition) is 1. The number of hydrogen-bond acceptors (Lipinski definition) is 3. The highest BCUT2D eigenvalue weighted by Gasteiger charge is 2.23. The third kappa shape index (κ3) is 1.90. The molecule has 2 N–H and O–H groups in total. The molecule has 3 heteroatoms. The van der Waals surface area contributed by atoms with E-state index in [4.69, 9.17) is 10.7 Å². The van der Waals surface area contributed by atoms with Gasteiger partial charge in [0.15, 0.2) is 0 Å². The first-order valence-corrected chi connectivity index (χ1v) is 6.71. The molecule has 18 heavy (non-hydrogen) atoms. The van der Waals surface area contributed by atoms with Gasteiger partial charge in [0.05, 0.1) is 5.52 Å². The molecule has 1 aromatic heterocycles. The zero-order valence-electron chi connectivity index (χ0n) is 10.8. The summed E-state index contributed by atoms with van der Waals surface area (Å²) in [5, 5.41) is 1.12. The Hall–Kier alpha value is -1.77. The van der Waals surface area contributed by atoms with Crippen LogP contribution in [-0.4, -0.2) is 17.6 Å². The molecule has 0 aliphatic carbocycles. The molecule has 1 aliphatic heterocycles. The van der Waals surface area contributed by atoms with Gasteiger partial charge in [0.2, 0.25) is 0 Å². The van der Waals surface area contributed by atoms with Crippen LogP contribution in [0.5, 0.6) is 0 Å². The summed E-state index contributed by atoms with van der Waals surface area (Å²) in [5.41, 5.74) is 7.62. The topological polar surface area (TPSA) is 42.1 Å². The van der Waals surface area contributed by atoms with Gasteiger partial charge < -0.3 is 10.6 Å². The lowest BCUT2D eigenvalue weighted by molar-refractivity contribution is 0.641. The van der Waals surface area contributed by atoms with E-state index in [-0.39, 0.29) is 0 Å². The van der Waals surface area contributed by atoms with Crippen LogP contribution in [0.3, 0.4) is 0 Å². The Labute approximate surface area is 108 Å². The maximum Gasteiger partial charge on any atom is 0.129 e. The fourth-order valence-corrected chi connectivity index (χ4v) is 2.86. The summed E-state index contributed by atoms with van der Waals surface area (Å²) in [6, 6.07) is 10.8. The molecule has 94 valence electrons. The first kappa shape index (κ1) is 11.3. The number of fused-ring (bicyclic) bond motifs is 1. The molecule has 0 bridgehead atoms. The van der Waals surface area contributed by atoms with Gasteiger partial charge in [0.1, 0.15) is 5.82 Å². The normalized spacial score (nSPS) is 19.6. The van der Waals surface area contributed by atoms with Crippen LogP contribution < -0.4 is 10.6 Å². The van der Waals surface area contributed by atoms with Crippen molar-refractivity contribution >= 4 is 22.4 Å². The quantitative estimate of drug-likeness (QED) is 0.821. The molecule has 1 aromatic carbocycles. The van der Waals surface area contributed by atoms with E-state index >= 15 is 0 Å². The number of anilines is 2. The van der Waals surface area contributed by atoms with Gasteiger partial charge in [-0.15, -0.1) is 0 Å². The Kier molecular flexibility index (Phi) is 2.82. The van der Waals surface area contributed by atoms with E-state index in [0.717, 1.165) is 29.0 Å². The molecule has 1 fully saturated rings. The highest BCUT2D eigenvalue weighted by atomic mass is 15.2. The molecular formula is C15H19N3. The second kappa shape index (κ2) is 4.48. The average molecular weight is 241 g/mol. The fraction of sp³-hybridized carbons (Fsp3) is 0.400. The van der Waals surface area contributed by atoms with Crippen molar-refractivity contribution in [2.24, 2.45) is 0 Å². The number of pyridine rings is 1. The van der Waals surface area contributed by atoms with Crippen molar-refractivity contribution in [1.82, 2.24) is 4.98 Å². The van der Waals surface area contributed by atoms with Crippen LogP contribution in [0.2, 0.25) is 0 Å². The molecular weight excluding hydrogens is 222 g/mol. The van der Waals surface area contributed by atoms with Crippen LogP contribution in [0.15, 0.2) is 30.3 Å². The third-order valence-electron chi connectivity index (χ3n) is 3.84. The lowest BCUT2D eigenvalue weighted by atomic mass is 10.1. The molecule has 3 nitrogen and oxygen atoms in total. The van der Waals surface area contributed by atoms with Crippen LogP contribution in [0.25, 0.3) is 10.9 Å². The molecule has 1 aliphatic rings. The minimum Gasteiger partial charge on any atom is -0.399 e. The number of rotatable bonds is 2. The van der Waals surface area contributed by atoms with Gasteiger partial charge in [-0.3, -0.25) is 0 Å². The minimum atomic E-state index is 0.656. The number of aromatic nitrogens is 1. The van der Waals surface area contributed by atoms with E-state index in [1.54, 1.807) is 0 Å². The van der Waals surface area contributed by atoms with Gasteiger partial charge in [0, 0.05) is 23.7 Å². The summed E-state index contributed by atoms with van der Waals surface area (Å²) in [5.74, 6) is 1.11. The molecule has 2 heterocycles. The molecule has 3 rings (SSSR count). The maximum atomic E-state index is 5.79. The van der Waals surface area contributed by atoms with Crippen LogP contribution >= 0.6 is 0 Å². The van der Waals surface area contributed by atoms with Crippen molar-refractivity contribution < 1.29 is 0 Å². The van der Waals surface area contributed by atoms with Crippen molar-refractivity contribution in [3.8, 4) is 0 Å². The van der Waals surface area contributed by atoms with E-state index < -0.39 is 0 Å². The van der Waals surface area contributed by atoms with Crippen molar-refractivity contribution in [1.29, 1.82) is 0 Å². The number of nitrogens with zero attached hydrogens (tertiary/aromatic N) is 2. The Morgan fingerprint density at radius 1 is 1.33 bits per heavy atom. The third-order valence-corrected chi connectivity index (χ3v) is 3.84. The lowest BCUT2D eigenvalue weighted by Gasteiger charge is -2.24. The number of benzene rings is 1. The van der Waals surface area contributed by atoms with Crippen LogP contribution in [0.4, 0.5) is 11.5 Å². The fourth-order valence-electron chi connectivity index (χ4n) is 2.86. The van der Waals surface area contributed by atoms with Gasteiger partial charge in [0.25, 0.3) is 0 Å². The molecule has 1 atom stereocenters. The largest absolute Gasteiger partial charge is 0.399 e. The second-order valence-corrected chi connectivity index (χ2v) is 5.02. The SMILES string of the molecule is CCC1CCCN1c1ccc2cc(N)ccc2n1. The van der Waals surface area contributed by atoms with E-state index in [1.807, 2.05) is 18.2 Å². The van der Waals surface area contributed by atoms with Crippen molar-refractivity contribution in [2.75, 3.05) is 17.2 Å². The van der Waals surface area contributed by atoms with Crippen LogP contribution in [-0.2, 0) is 0 Å². The summed E-state index contributed by atoms with van der Waals surface area (Å²) in [4.78, 5) is 7.21. The molecule has 1 unspecified atom stereocenters. The molecule has 0 spiro atoms. The van der Waals surface area contributed by atoms with E-state index in [9.17, 15) is 0 Å². The predicted molar refractivity (Wildman–Crippen MR) is 76.8 cm³/mol. The molecule has 0 radical (unpaired) electrons.